The van der Waals surface area contributed by atoms with Gasteiger partial charge in [-0.25, -0.2) is 4.39 Å². The molecule has 16 heavy (non-hydrogen) atoms. The Morgan fingerprint density at radius 1 is 1.50 bits per heavy atom. The first-order valence-electron chi connectivity index (χ1n) is 5.32. The summed E-state index contributed by atoms with van der Waals surface area (Å²) in [5, 5.41) is 0. The molecule has 1 aromatic carbocycles. The van der Waals surface area contributed by atoms with Crippen LogP contribution < -0.4 is 0 Å². The van der Waals surface area contributed by atoms with Crippen LogP contribution >= 0.6 is 15.9 Å². The highest BCUT2D eigenvalue weighted by atomic mass is 79.9. The van der Waals surface area contributed by atoms with Gasteiger partial charge >= 0.3 is 0 Å². The third-order valence-corrected chi connectivity index (χ3v) is 3.79. The molecule has 2 nitrogen and oxygen atoms in total. The van der Waals surface area contributed by atoms with Gasteiger partial charge in [0.15, 0.2) is 0 Å². The van der Waals surface area contributed by atoms with Gasteiger partial charge in [-0.2, -0.15) is 0 Å². The van der Waals surface area contributed by atoms with Crippen molar-refractivity contribution < 1.29 is 9.18 Å². The maximum atomic E-state index is 13.1. The Kier molecular flexibility index (Phi) is 3.28. The van der Waals surface area contributed by atoms with Gasteiger partial charge in [0.1, 0.15) is 5.82 Å². The predicted octanol–water partition coefficient (Wildman–Crippen LogP) is 3.21. The van der Waals surface area contributed by atoms with E-state index in [4.69, 9.17) is 0 Å². The first kappa shape index (κ1) is 11.6. The van der Waals surface area contributed by atoms with Crippen LogP contribution in [0.15, 0.2) is 22.7 Å². The van der Waals surface area contributed by atoms with Crippen LogP contribution in [0.4, 0.5) is 4.39 Å². The monoisotopic (exact) mass is 285 g/mol. The van der Waals surface area contributed by atoms with Crippen LogP contribution in [0.1, 0.15) is 29.6 Å². The van der Waals surface area contributed by atoms with Crippen LogP contribution in [0.5, 0.6) is 0 Å². The van der Waals surface area contributed by atoms with Gasteiger partial charge < -0.3 is 4.90 Å². The molecular formula is C12H13BrFNO. The van der Waals surface area contributed by atoms with Crippen molar-refractivity contribution in [3.8, 4) is 0 Å². The molecule has 1 saturated carbocycles. The fourth-order valence-corrected chi connectivity index (χ4v) is 2.21. The summed E-state index contributed by atoms with van der Waals surface area (Å²) in [5.41, 5.74) is 0.398. The average Bonchev–Trinajstić information content (AvgIpc) is 2.18. The molecule has 0 atom stereocenters. The minimum atomic E-state index is -0.381. The predicted molar refractivity (Wildman–Crippen MR) is 63.8 cm³/mol. The molecule has 0 N–H and O–H groups in total. The lowest BCUT2D eigenvalue weighted by molar-refractivity contribution is 0.0650. The molecule has 0 spiro atoms. The summed E-state index contributed by atoms with van der Waals surface area (Å²) in [6, 6.07) is 4.51. The Hall–Kier alpha value is -0.900. The lowest BCUT2D eigenvalue weighted by Crippen LogP contribution is -2.41. The zero-order valence-corrected chi connectivity index (χ0v) is 10.6. The summed E-state index contributed by atoms with van der Waals surface area (Å²) >= 11 is 3.27. The van der Waals surface area contributed by atoms with Gasteiger partial charge in [-0.05, 0) is 53.4 Å². The molecule has 1 fully saturated rings. The minimum absolute atomic E-state index is 0.115. The van der Waals surface area contributed by atoms with Gasteiger partial charge in [0.05, 0.1) is 5.56 Å². The maximum Gasteiger partial charge on any atom is 0.255 e. The Balaban J connectivity index is 2.22. The third kappa shape index (κ3) is 2.12. The van der Waals surface area contributed by atoms with Crippen molar-refractivity contribution in [3.05, 3.63) is 34.1 Å². The average molecular weight is 286 g/mol. The highest BCUT2D eigenvalue weighted by Gasteiger charge is 2.27. The summed E-state index contributed by atoms with van der Waals surface area (Å²) < 4.78 is 13.7. The second-order valence-electron chi connectivity index (χ2n) is 4.12. The highest BCUT2D eigenvalue weighted by molar-refractivity contribution is 9.10. The Morgan fingerprint density at radius 2 is 2.19 bits per heavy atom. The van der Waals surface area contributed by atoms with E-state index >= 15 is 0 Å². The van der Waals surface area contributed by atoms with E-state index in [1.165, 1.54) is 18.6 Å². The zero-order chi connectivity index (χ0) is 11.7. The molecule has 0 aromatic heterocycles. The van der Waals surface area contributed by atoms with Crippen LogP contribution in [0.2, 0.25) is 0 Å². The second-order valence-corrected chi connectivity index (χ2v) is 4.98. The van der Waals surface area contributed by atoms with Gasteiger partial charge in [-0.15, -0.1) is 0 Å². The lowest BCUT2D eigenvalue weighted by atomic mass is 9.91. The maximum absolute atomic E-state index is 13.1. The van der Waals surface area contributed by atoms with Gasteiger partial charge in [0.2, 0.25) is 0 Å². The Morgan fingerprint density at radius 3 is 2.75 bits per heavy atom. The summed E-state index contributed by atoms with van der Waals surface area (Å²) in [4.78, 5) is 13.8. The van der Waals surface area contributed by atoms with Gasteiger partial charge in [-0.3, -0.25) is 4.79 Å². The van der Waals surface area contributed by atoms with E-state index in [9.17, 15) is 9.18 Å². The molecule has 1 aliphatic rings. The van der Waals surface area contributed by atoms with Gasteiger partial charge in [0, 0.05) is 17.6 Å². The lowest BCUT2D eigenvalue weighted by Gasteiger charge is -2.34. The number of rotatable bonds is 2. The molecule has 86 valence electrons. The molecule has 0 bridgehead atoms. The molecule has 0 aliphatic heterocycles. The topological polar surface area (TPSA) is 20.3 Å². The fourth-order valence-electron chi connectivity index (χ4n) is 1.79. The van der Waals surface area contributed by atoms with E-state index in [0.717, 1.165) is 12.8 Å². The highest BCUT2D eigenvalue weighted by Crippen LogP contribution is 2.27. The standard InChI is InChI=1S/C12H13BrFNO/c1-15(9-3-2-4-9)12(16)10-7-8(14)5-6-11(10)13/h5-7,9H,2-4H2,1H3. The molecule has 2 rings (SSSR count). The molecule has 0 unspecified atom stereocenters. The van der Waals surface area contributed by atoms with Crippen molar-refractivity contribution in [2.24, 2.45) is 0 Å². The van der Waals surface area contributed by atoms with E-state index in [0.29, 0.717) is 16.1 Å². The molecule has 0 saturated heterocycles. The van der Waals surface area contributed by atoms with Gasteiger partial charge in [0.25, 0.3) is 5.91 Å². The van der Waals surface area contributed by atoms with Crippen molar-refractivity contribution in [1.82, 2.24) is 4.90 Å². The molecule has 1 amide bonds. The van der Waals surface area contributed by atoms with Crippen molar-refractivity contribution in [1.29, 1.82) is 0 Å². The van der Waals surface area contributed by atoms with E-state index in [1.54, 1.807) is 18.0 Å². The largest absolute Gasteiger partial charge is 0.339 e. The minimum Gasteiger partial charge on any atom is -0.339 e. The van der Waals surface area contributed by atoms with Gasteiger partial charge in [-0.1, -0.05) is 0 Å². The van der Waals surface area contributed by atoms with Crippen LogP contribution in [-0.4, -0.2) is 23.9 Å². The number of halogens is 2. The van der Waals surface area contributed by atoms with Crippen LogP contribution in [0.3, 0.4) is 0 Å². The number of carbonyl (C=O) groups excluding carboxylic acids is 1. The summed E-state index contributed by atoms with van der Waals surface area (Å²) in [6.45, 7) is 0. The zero-order valence-electron chi connectivity index (χ0n) is 9.04. The quantitative estimate of drug-likeness (QED) is 0.817. The first-order chi connectivity index (χ1) is 7.59. The number of carbonyl (C=O) groups is 1. The molecule has 0 radical (unpaired) electrons. The van der Waals surface area contributed by atoms with Crippen molar-refractivity contribution >= 4 is 21.8 Å². The van der Waals surface area contributed by atoms with Crippen molar-refractivity contribution in [2.75, 3.05) is 7.05 Å². The number of hydrogen-bond acceptors (Lipinski definition) is 1. The molecule has 4 heteroatoms. The molecular weight excluding hydrogens is 273 g/mol. The van der Waals surface area contributed by atoms with E-state index in [2.05, 4.69) is 15.9 Å². The van der Waals surface area contributed by atoms with Crippen LogP contribution in [-0.2, 0) is 0 Å². The molecule has 0 heterocycles. The van der Waals surface area contributed by atoms with Crippen molar-refractivity contribution in [2.45, 2.75) is 25.3 Å². The fraction of sp³-hybridized carbons (Fsp3) is 0.417. The number of nitrogens with zero attached hydrogens (tertiary/aromatic N) is 1. The summed E-state index contributed by atoms with van der Waals surface area (Å²) in [5.74, 6) is -0.496. The van der Waals surface area contributed by atoms with Crippen LogP contribution in [0, 0.1) is 5.82 Å². The smallest absolute Gasteiger partial charge is 0.255 e. The Labute approximate surface area is 103 Å². The van der Waals surface area contributed by atoms with E-state index < -0.39 is 0 Å². The van der Waals surface area contributed by atoms with Crippen molar-refractivity contribution in [3.63, 3.8) is 0 Å². The molecule has 1 aromatic rings. The first-order valence-corrected chi connectivity index (χ1v) is 6.11. The van der Waals surface area contributed by atoms with E-state index in [1.807, 2.05) is 0 Å². The summed E-state index contributed by atoms with van der Waals surface area (Å²) in [6.07, 6.45) is 3.27. The number of amides is 1. The number of benzene rings is 1. The van der Waals surface area contributed by atoms with E-state index in [-0.39, 0.29) is 11.7 Å². The SMILES string of the molecule is CN(C(=O)c1cc(F)ccc1Br)C1CCC1. The third-order valence-electron chi connectivity index (χ3n) is 3.10. The Bertz CT molecular complexity index is 417. The second kappa shape index (κ2) is 4.53. The summed E-state index contributed by atoms with van der Waals surface area (Å²) in [7, 11) is 1.78. The molecule has 1 aliphatic carbocycles. The normalized spacial score (nSPS) is 15.7. The number of hydrogen-bond donors (Lipinski definition) is 0. The van der Waals surface area contributed by atoms with Crippen LogP contribution in [0.25, 0.3) is 0 Å².